The molecule has 0 unspecified atom stereocenters. The van der Waals surface area contributed by atoms with E-state index in [9.17, 15) is 0 Å². The van der Waals surface area contributed by atoms with Gasteiger partial charge in [-0.25, -0.2) is 0 Å². The van der Waals surface area contributed by atoms with Gasteiger partial charge in [-0.05, 0) is 13.3 Å². The van der Waals surface area contributed by atoms with Crippen molar-refractivity contribution in [3.05, 3.63) is 0 Å². The van der Waals surface area contributed by atoms with Crippen molar-refractivity contribution in [1.82, 2.24) is 0 Å². The molecule has 1 saturated heterocycles. The molecule has 1 N–H and O–H groups in total. The van der Waals surface area contributed by atoms with Crippen LogP contribution in [0.2, 0.25) is 0 Å². The molecule has 1 rings (SSSR count). The van der Waals surface area contributed by atoms with Crippen molar-refractivity contribution in [2.45, 2.75) is 44.8 Å². The number of hydrogen-bond acceptors (Lipinski definition) is 2. The lowest BCUT2D eigenvalue weighted by molar-refractivity contribution is 0.184. The monoisotopic (exact) mass is 144 g/mol. The maximum atomic E-state index is 8.81. The number of hydrogen-bond donors (Lipinski definition) is 1. The fourth-order valence-electron chi connectivity index (χ4n) is 1.18. The molecule has 0 bridgehead atoms. The third kappa shape index (κ3) is 1.50. The highest BCUT2D eigenvalue weighted by Crippen LogP contribution is 2.38. The number of rotatable bonds is 4. The van der Waals surface area contributed by atoms with E-state index in [1.165, 1.54) is 12.8 Å². The van der Waals surface area contributed by atoms with Gasteiger partial charge in [0.05, 0.1) is 12.7 Å². The standard InChI is InChI=1S/C8H16O2/c1-3-4-5-7-8(2,6-9)10-7/h7,9H,3-6H2,1-2H3/t7-,8+/m1/s1. The summed E-state index contributed by atoms with van der Waals surface area (Å²) in [5, 5.41) is 8.81. The number of unbranched alkanes of at least 4 members (excludes halogenated alkanes) is 1. The van der Waals surface area contributed by atoms with E-state index >= 15 is 0 Å². The molecule has 2 atom stereocenters. The normalized spacial score (nSPS) is 38.1. The Morgan fingerprint density at radius 1 is 1.60 bits per heavy atom. The lowest BCUT2D eigenvalue weighted by Crippen LogP contribution is -2.14. The molecule has 0 aromatic carbocycles. The van der Waals surface area contributed by atoms with Gasteiger partial charge in [-0.1, -0.05) is 19.8 Å². The summed E-state index contributed by atoms with van der Waals surface area (Å²) in [4.78, 5) is 0. The Labute approximate surface area is 62.2 Å². The topological polar surface area (TPSA) is 32.8 Å². The second kappa shape index (κ2) is 2.89. The largest absolute Gasteiger partial charge is 0.393 e. The SMILES string of the molecule is CCCC[C@H]1O[C@@]1(C)CO. The van der Waals surface area contributed by atoms with Gasteiger partial charge in [0.2, 0.25) is 0 Å². The van der Waals surface area contributed by atoms with Crippen molar-refractivity contribution in [3.63, 3.8) is 0 Å². The van der Waals surface area contributed by atoms with Gasteiger partial charge in [-0.2, -0.15) is 0 Å². The fourth-order valence-corrected chi connectivity index (χ4v) is 1.18. The Balaban J connectivity index is 2.12. The van der Waals surface area contributed by atoms with Crippen LogP contribution in [0.5, 0.6) is 0 Å². The Hall–Kier alpha value is -0.0800. The zero-order valence-corrected chi connectivity index (χ0v) is 6.76. The van der Waals surface area contributed by atoms with Crippen molar-refractivity contribution in [1.29, 1.82) is 0 Å². The van der Waals surface area contributed by atoms with Crippen LogP contribution >= 0.6 is 0 Å². The zero-order valence-electron chi connectivity index (χ0n) is 6.76. The van der Waals surface area contributed by atoms with E-state index in [1.807, 2.05) is 6.92 Å². The summed E-state index contributed by atoms with van der Waals surface area (Å²) in [6.07, 6.45) is 3.85. The molecule has 0 spiro atoms. The first-order chi connectivity index (χ1) is 4.73. The lowest BCUT2D eigenvalue weighted by Gasteiger charge is -1.98. The molecule has 0 aliphatic carbocycles. The second-order valence-electron chi connectivity index (χ2n) is 3.22. The first-order valence-electron chi connectivity index (χ1n) is 4.01. The van der Waals surface area contributed by atoms with Crippen LogP contribution in [0.25, 0.3) is 0 Å². The predicted octanol–water partition coefficient (Wildman–Crippen LogP) is 1.33. The highest BCUT2D eigenvalue weighted by Gasteiger charge is 2.50. The van der Waals surface area contributed by atoms with Crippen molar-refractivity contribution in [2.75, 3.05) is 6.61 Å². The summed E-state index contributed by atoms with van der Waals surface area (Å²) in [5.74, 6) is 0. The lowest BCUT2D eigenvalue weighted by atomic mass is 10.0. The van der Waals surface area contributed by atoms with E-state index in [-0.39, 0.29) is 12.2 Å². The molecule has 1 aliphatic rings. The Morgan fingerprint density at radius 3 is 2.70 bits per heavy atom. The average Bonchev–Trinajstić information content (AvgIpc) is 2.59. The molecule has 2 nitrogen and oxygen atoms in total. The zero-order chi connectivity index (χ0) is 7.61. The van der Waals surface area contributed by atoms with Crippen LogP contribution in [0.3, 0.4) is 0 Å². The predicted molar refractivity (Wildman–Crippen MR) is 39.9 cm³/mol. The smallest absolute Gasteiger partial charge is 0.115 e. The molecule has 1 aliphatic heterocycles. The third-order valence-corrected chi connectivity index (χ3v) is 2.17. The summed E-state index contributed by atoms with van der Waals surface area (Å²) in [6.45, 7) is 4.30. The van der Waals surface area contributed by atoms with Crippen LogP contribution in [0.4, 0.5) is 0 Å². The molecule has 0 amide bonds. The summed E-state index contributed by atoms with van der Waals surface area (Å²) in [5.41, 5.74) is -0.185. The molecule has 1 fully saturated rings. The molecule has 0 radical (unpaired) electrons. The van der Waals surface area contributed by atoms with Gasteiger partial charge in [0.25, 0.3) is 0 Å². The van der Waals surface area contributed by atoms with Crippen LogP contribution in [-0.4, -0.2) is 23.4 Å². The van der Waals surface area contributed by atoms with Crippen LogP contribution in [0.1, 0.15) is 33.1 Å². The van der Waals surface area contributed by atoms with Gasteiger partial charge in [0.1, 0.15) is 5.60 Å². The molecule has 2 heteroatoms. The minimum absolute atomic E-state index is 0.168. The first kappa shape index (κ1) is 8.02. The number of epoxide rings is 1. The Kier molecular flexibility index (Phi) is 2.32. The van der Waals surface area contributed by atoms with E-state index < -0.39 is 0 Å². The minimum atomic E-state index is -0.185. The van der Waals surface area contributed by atoms with E-state index in [2.05, 4.69) is 6.92 Å². The molecule has 0 saturated carbocycles. The highest BCUT2D eigenvalue weighted by molar-refractivity contribution is 4.97. The van der Waals surface area contributed by atoms with Crippen molar-refractivity contribution >= 4 is 0 Å². The van der Waals surface area contributed by atoms with Gasteiger partial charge in [-0.15, -0.1) is 0 Å². The fraction of sp³-hybridized carbons (Fsp3) is 1.00. The van der Waals surface area contributed by atoms with Gasteiger partial charge in [0, 0.05) is 0 Å². The summed E-state index contributed by atoms with van der Waals surface area (Å²) < 4.78 is 5.31. The first-order valence-corrected chi connectivity index (χ1v) is 4.01. The van der Waals surface area contributed by atoms with Gasteiger partial charge in [-0.3, -0.25) is 0 Å². The van der Waals surface area contributed by atoms with Crippen LogP contribution in [0.15, 0.2) is 0 Å². The molecular weight excluding hydrogens is 128 g/mol. The van der Waals surface area contributed by atoms with Crippen molar-refractivity contribution < 1.29 is 9.84 Å². The van der Waals surface area contributed by atoms with Gasteiger partial charge in [0.15, 0.2) is 0 Å². The van der Waals surface area contributed by atoms with Gasteiger partial charge >= 0.3 is 0 Å². The number of aliphatic hydroxyl groups excluding tert-OH is 1. The van der Waals surface area contributed by atoms with Gasteiger partial charge < -0.3 is 9.84 Å². The maximum Gasteiger partial charge on any atom is 0.115 e. The Bertz CT molecular complexity index is 114. The second-order valence-corrected chi connectivity index (χ2v) is 3.22. The van der Waals surface area contributed by atoms with E-state index in [0.717, 1.165) is 6.42 Å². The third-order valence-electron chi connectivity index (χ3n) is 2.17. The molecule has 0 aromatic heterocycles. The maximum absolute atomic E-state index is 8.81. The van der Waals surface area contributed by atoms with E-state index in [0.29, 0.717) is 6.10 Å². The molecular formula is C8H16O2. The van der Waals surface area contributed by atoms with Crippen molar-refractivity contribution in [3.8, 4) is 0 Å². The van der Waals surface area contributed by atoms with Crippen LogP contribution in [0, 0.1) is 0 Å². The molecule has 0 aromatic rings. The average molecular weight is 144 g/mol. The van der Waals surface area contributed by atoms with E-state index in [4.69, 9.17) is 9.84 Å². The Morgan fingerprint density at radius 2 is 2.30 bits per heavy atom. The summed E-state index contributed by atoms with van der Waals surface area (Å²) in [7, 11) is 0. The molecule has 1 heterocycles. The summed E-state index contributed by atoms with van der Waals surface area (Å²) >= 11 is 0. The van der Waals surface area contributed by atoms with E-state index in [1.54, 1.807) is 0 Å². The summed E-state index contributed by atoms with van der Waals surface area (Å²) in [6, 6.07) is 0. The molecule has 60 valence electrons. The minimum Gasteiger partial charge on any atom is -0.393 e. The number of ether oxygens (including phenoxy) is 1. The quantitative estimate of drug-likeness (QED) is 0.604. The number of aliphatic hydroxyl groups is 1. The molecule has 10 heavy (non-hydrogen) atoms. The van der Waals surface area contributed by atoms with Crippen LogP contribution < -0.4 is 0 Å². The highest BCUT2D eigenvalue weighted by atomic mass is 16.6. The van der Waals surface area contributed by atoms with Crippen LogP contribution in [-0.2, 0) is 4.74 Å². The van der Waals surface area contributed by atoms with Crippen molar-refractivity contribution in [2.24, 2.45) is 0 Å².